The van der Waals surface area contributed by atoms with Crippen LogP contribution in [-0.2, 0) is 4.79 Å². The molecule has 0 unspecified atom stereocenters. The molecule has 0 heterocycles. The number of alkyl halides is 1. The number of carbonyl (C=O) groups excluding carboxylic acids is 1. The van der Waals surface area contributed by atoms with E-state index in [4.69, 9.17) is 11.6 Å². The predicted octanol–water partition coefficient (Wildman–Crippen LogP) is 2.28. The maximum atomic E-state index is 11.5. The third-order valence-corrected chi connectivity index (χ3v) is 2.13. The second kappa shape index (κ2) is 6.10. The summed E-state index contributed by atoms with van der Waals surface area (Å²) < 4.78 is 0. The van der Waals surface area contributed by atoms with E-state index < -0.39 is 0 Å². The van der Waals surface area contributed by atoms with Crippen molar-refractivity contribution < 1.29 is 4.79 Å². The summed E-state index contributed by atoms with van der Waals surface area (Å²) in [5, 5.41) is 0. The van der Waals surface area contributed by atoms with E-state index in [-0.39, 0.29) is 11.8 Å². The Bertz CT molecular complexity index is 378. The number of anilines is 1. The molecule has 0 saturated carbocycles. The van der Waals surface area contributed by atoms with Crippen molar-refractivity contribution >= 4 is 23.2 Å². The Morgan fingerprint density at radius 2 is 2.07 bits per heavy atom. The van der Waals surface area contributed by atoms with Crippen LogP contribution in [0.2, 0.25) is 0 Å². The third-order valence-electron chi connectivity index (χ3n) is 1.90. The van der Waals surface area contributed by atoms with Crippen molar-refractivity contribution in [1.29, 1.82) is 0 Å². The fourth-order valence-electron chi connectivity index (χ4n) is 1.16. The van der Waals surface area contributed by atoms with Crippen molar-refractivity contribution in [2.24, 2.45) is 0 Å². The molecule has 0 aliphatic heterocycles. The molecule has 0 spiro atoms. The van der Waals surface area contributed by atoms with Crippen LogP contribution in [0.3, 0.4) is 0 Å². The second-order valence-corrected chi connectivity index (χ2v) is 3.14. The highest BCUT2D eigenvalue weighted by atomic mass is 35.5. The van der Waals surface area contributed by atoms with E-state index >= 15 is 0 Å². The molecule has 0 saturated heterocycles. The van der Waals surface area contributed by atoms with Gasteiger partial charge in [-0.05, 0) is 19.1 Å². The van der Waals surface area contributed by atoms with Gasteiger partial charge in [0.25, 0.3) is 0 Å². The first-order valence-electron chi connectivity index (χ1n) is 4.60. The lowest BCUT2D eigenvalue weighted by Crippen LogP contribution is -2.32. The Morgan fingerprint density at radius 1 is 1.40 bits per heavy atom. The van der Waals surface area contributed by atoms with E-state index in [1.165, 1.54) is 0 Å². The summed E-state index contributed by atoms with van der Waals surface area (Å²) >= 11 is 5.54. The van der Waals surface area contributed by atoms with Crippen LogP contribution in [0.4, 0.5) is 5.69 Å². The van der Waals surface area contributed by atoms with Crippen LogP contribution in [0.15, 0.2) is 30.3 Å². The van der Waals surface area contributed by atoms with Gasteiger partial charge >= 0.3 is 0 Å². The van der Waals surface area contributed by atoms with E-state index in [9.17, 15) is 4.79 Å². The normalized spacial score (nSPS) is 8.93. The number of nitrogens with zero attached hydrogens (tertiary/aromatic N) is 1. The van der Waals surface area contributed by atoms with E-state index in [0.717, 1.165) is 5.69 Å². The van der Waals surface area contributed by atoms with Gasteiger partial charge in [0.15, 0.2) is 0 Å². The van der Waals surface area contributed by atoms with E-state index in [0.29, 0.717) is 6.54 Å². The highest BCUT2D eigenvalue weighted by Gasteiger charge is 2.12. The Morgan fingerprint density at radius 3 is 2.60 bits per heavy atom. The van der Waals surface area contributed by atoms with Crippen molar-refractivity contribution in [3.8, 4) is 11.8 Å². The fraction of sp³-hybridized carbons (Fsp3) is 0.250. The van der Waals surface area contributed by atoms with E-state index in [1.807, 2.05) is 30.3 Å². The SMILES string of the molecule is CC#CCN(C(=O)CCl)c1ccccc1. The minimum absolute atomic E-state index is 0.0275. The predicted molar refractivity (Wildman–Crippen MR) is 63.0 cm³/mol. The van der Waals surface area contributed by atoms with Crippen molar-refractivity contribution in [3.63, 3.8) is 0 Å². The monoisotopic (exact) mass is 221 g/mol. The van der Waals surface area contributed by atoms with Crippen LogP contribution in [0.25, 0.3) is 0 Å². The van der Waals surface area contributed by atoms with Gasteiger partial charge in [-0.1, -0.05) is 24.1 Å². The topological polar surface area (TPSA) is 20.3 Å². The van der Waals surface area contributed by atoms with Crippen LogP contribution >= 0.6 is 11.6 Å². The van der Waals surface area contributed by atoms with Gasteiger partial charge in [0.05, 0.1) is 6.54 Å². The van der Waals surface area contributed by atoms with E-state index in [2.05, 4.69) is 11.8 Å². The molecule has 0 aromatic heterocycles. The summed E-state index contributed by atoms with van der Waals surface area (Å²) in [6.07, 6.45) is 0. The molecule has 1 aromatic rings. The number of hydrogen-bond acceptors (Lipinski definition) is 1. The molecule has 0 aliphatic rings. The minimum atomic E-state index is -0.134. The van der Waals surface area contributed by atoms with Crippen molar-refractivity contribution in [2.45, 2.75) is 6.92 Å². The number of hydrogen-bond donors (Lipinski definition) is 0. The van der Waals surface area contributed by atoms with Gasteiger partial charge in [-0.3, -0.25) is 9.69 Å². The standard InChI is InChI=1S/C12H12ClNO/c1-2-3-9-14(12(15)10-13)11-7-5-4-6-8-11/h4-8H,9-10H2,1H3. The first-order chi connectivity index (χ1) is 7.29. The lowest BCUT2D eigenvalue weighted by atomic mass is 10.3. The van der Waals surface area contributed by atoms with Crippen LogP contribution in [0.1, 0.15) is 6.92 Å². The summed E-state index contributed by atoms with van der Waals surface area (Å²) in [5.74, 6) is 5.46. The molecular weight excluding hydrogens is 210 g/mol. The van der Waals surface area contributed by atoms with Gasteiger partial charge in [-0.15, -0.1) is 17.5 Å². The molecule has 1 rings (SSSR count). The number of carbonyl (C=O) groups is 1. The highest BCUT2D eigenvalue weighted by Crippen LogP contribution is 2.13. The van der Waals surface area contributed by atoms with Crippen LogP contribution in [0, 0.1) is 11.8 Å². The molecule has 78 valence electrons. The van der Waals surface area contributed by atoms with Gasteiger partial charge < -0.3 is 0 Å². The largest absolute Gasteiger partial charge is 0.300 e. The van der Waals surface area contributed by atoms with Crippen LogP contribution in [0.5, 0.6) is 0 Å². The lowest BCUT2D eigenvalue weighted by Gasteiger charge is -2.18. The van der Waals surface area contributed by atoms with Crippen molar-refractivity contribution in [1.82, 2.24) is 0 Å². The Balaban J connectivity index is 2.89. The average molecular weight is 222 g/mol. The zero-order valence-corrected chi connectivity index (χ0v) is 9.29. The second-order valence-electron chi connectivity index (χ2n) is 2.88. The first kappa shape index (κ1) is 11.6. The molecule has 15 heavy (non-hydrogen) atoms. The Labute approximate surface area is 94.8 Å². The van der Waals surface area contributed by atoms with Gasteiger partial charge in [-0.2, -0.15) is 0 Å². The van der Waals surface area contributed by atoms with Gasteiger partial charge in [0.2, 0.25) is 5.91 Å². The zero-order chi connectivity index (χ0) is 11.1. The number of para-hydroxylation sites is 1. The molecule has 0 N–H and O–H groups in total. The van der Waals surface area contributed by atoms with Gasteiger partial charge in [0, 0.05) is 5.69 Å². The molecule has 0 atom stereocenters. The lowest BCUT2D eigenvalue weighted by molar-refractivity contribution is -0.116. The summed E-state index contributed by atoms with van der Waals surface area (Å²) in [6, 6.07) is 9.38. The average Bonchev–Trinajstić information content (AvgIpc) is 2.30. The number of halogens is 1. The molecule has 3 heteroatoms. The fourth-order valence-corrected chi connectivity index (χ4v) is 1.31. The summed E-state index contributed by atoms with van der Waals surface area (Å²) in [7, 11) is 0. The molecular formula is C12H12ClNO. The quantitative estimate of drug-likeness (QED) is 0.567. The molecule has 1 amide bonds. The van der Waals surface area contributed by atoms with E-state index in [1.54, 1.807) is 11.8 Å². The van der Waals surface area contributed by atoms with Crippen LogP contribution < -0.4 is 4.90 Å². The molecule has 0 bridgehead atoms. The smallest absolute Gasteiger partial charge is 0.242 e. The number of rotatable bonds is 3. The maximum absolute atomic E-state index is 11.5. The van der Waals surface area contributed by atoms with Crippen LogP contribution in [-0.4, -0.2) is 18.3 Å². The third kappa shape index (κ3) is 3.30. The van der Waals surface area contributed by atoms with Crippen molar-refractivity contribution in [3.05, 3.63) is 30.3 Å². The molecule has 0 fully saturated rings. The number of amides is 1. The minimum Gasteiger partial charge on any atom is -0.300 e. The summed E-state index contributed by atoms with van der Waals surface area (Å²) in [6.45, 7) is 2.13. The Hall–Kier alpha value is -1.46. The summed E-state index contributed by atoms with van der Waals surface area (Å²) in [4.78, 5) is 13.1. The zero-order valence-electron chi connectivity index (χ0n) is 8.53. The number of benzene rings is 1. The molecule has 2 nitrogen and oxygen atoms in total. The highest BCUT2D eigenvalue weighted by molar-refractivity contribution is 6.29. The first-order valence-corrected chi connectivity index (χ1v) is 5.14. The molecule has 0 aliphatic carbocycles. The summed E-state index contributed by atoms with van der Waals surface area (Å²) in [5.41, 5.74) is 0.825. The van der Waals surface area contributed by atoms with Crippen molar-refractivity contribution in [2.75, 3.05) is 17.3 Å². The van der Waals surface area contributed by atoms with Gasteiger partial charge in [-0.25, -0.2) is 0 Å². The molecule has 0 radical (unpaired) electrons. The molecule has 1 aromatic carbocycles. The Kier molecular flexibility index (Phi) is 4.73. The van der Waals surface area contributed by atoms with Gasteiger partial charge in [0.1, 0.15) is 5.88 Å². The maximum Gasteiger partial charge on any atom is 0.242 e.